The Morgan fingerprint density at radius 3 is 2.52 bits per heavy atom. The second kappa shape index (κ2) is 6.83. The molecule has 0 bridgehead atoms. The molecule has 27 heavy (non-hydrogen) atoms. The van der Waals surface area contributed by atoms with E-state index < -0.39 is 0 Å². The lowest BCUT2D eigenvalue weighted by molar-refractivity contribution is -0.115. The zero-order chi connectivity index (χ0) is 19.0. The molecule has 2 aromatic carbocycles. The summed E-state index contributed by atoms with van der Waals surface area (Å²) in [4.78, 5) is 38.9. The van der Waals surface area contributed by atoms with Crippen LogP contribution in [0.25, 0.3) is 10.9 Å². The van der Waals surface area contributed by atoms with Crippen LogP contribution in [0.5, 0.6) is 0 Å². The summed E-state index contributed by atoms with van der Waals surface area (Å²) in [5.41, 5.74) is 3.54. The van der Waals surface area contributed by atoms with Gasteiger partial charge in [-0.15, -0.1) is 0 Å². The number of aromatic amines is 1. The van der Waals surface area contributed by atoms with E-state index in [-0.39, 0.29) is 29.6 Å². The van der Waals surface area contributed by atoms with Gasteiger partial charge >= 0.3 is 0 Å². The molecule has 1 saturated carbocycles. The van der Waals surface area contributed by atoms with E-state index in [4.69, 9.17) is 0 Å². The molecule has 1 aliphatic rings. The number of nitrogens with one attached hydrogen (secondary N) is 2. The van der Waals surface area contributed by atoms with E-state index >= 15 is 0 Å². The Hall–Kier alpha value is -3.21. The quantitative estimate of drug-likeness (QED) is 0.682. The van der Waals surface area contributed by atoms with Gasteiger partial charge in [0, 0.05) is 28.2 Å². The number of benzene rings is 2. The topological polar surface area (TPSA) is 79.0 Å². The van der Waals surface area contributed by atoms with Crippen molar-refractivity contribution in [2.45, 2.75) is 26.2 Å². The molecular weight excluding hydrogens is 340 g/mol. The number of carbonyl (C=O) groups is 2. The van der Waals surface area contributed by atoms with E-state index in [9.17, 15) is 14.4 Å². The number of amides is 1. The zero-order valence-corrected chi connectivity index (χ0v) is 15.0. The third-order valence-electron chi connectivity index (χ3n) is 4.86. The maximum absolute atomic E-state index is 12.3. The van der Waals surface area contributed by atoms with Gasteiger partial charge in [0.2, 0.25) is 5.91 Å². The van der Waals surface area contributed by atoms with Crippen LogP contribution >= 0.6 is 0 Å². The molecule has 0 spiro atoms. The minimum Gasteiger partial charge on any atom is -0.326 e. The Kier molecular flexibility index (Phi) is 4.36. The molecule has 1 heterocycles. The van der Waals surface area contributed by atoms with Crippen molar-refractivity contribution in [2.75, 3.05) is 5.32 Å². The van der Waals surface area contributed by atoms with Gasteiger partial charge in [-0.05, 0) is 73.2 Å². The number of rotatable bonds is 5. The van der Waals surface area contributed by atoms with Crippen molar-refractivity contribution in [1.82, 2.24) is 4.98 Å². The van der Waals surface area contributed by atoms with Crippen LogP contribution in [-0.4, -0.2) is 16.7 Å². The predicted octanol–water partition coefficient (Wildman–Crippen LogP) is 3.61. The summed E-state index contributed by atoms with van der Waals surface area (Å²) in [5, 5.41) is 3.76. The number of hydrogen-bond donors (Lipinski definition) is 2. The van der Waals surface area contributed by atoms with Gasteiger partial charge < -0.3 is 10.3 Å². The molecule has 0 aliphatic heterocycles. The van der Waals surface area contributed by atoms with E-state index in [1.807, 2.05) is 24.3 Å². The third-order valence-corrected chi connectivity index (χ3v) is 4.86. The molecule has 2 N–H and O–H groups in total. The third kappa shape index (κ3) is 3.82. The summed E-state index contributed by atoms with van der Waals surface area (Å²) < 4.78 is 0. The summed E-state index contributed by atoms with van der Waals surface area (Å²) in [6, 6.07) is 14.5. The van der Waals surface area contributed by atoms with E-state index in [1.54, 1.807) is 31.2 Å². The van der Waals surface area contributed by atoms with Crippen molar-refractivity contribution in [3.63, 3.8) is 0 Å². The first-order valence-electron chi connectivity index (χ1n) is 9.06. The molecule has 0 saturated heterocycles. The lowest BCUT2D eigenvalue weighted by Crippen LogP contribution is -2.14. The van der Waals surface area contributed by atoms with Crippen molar-refractivity contribution >= 4 is 28.3 Å². The fourth-order valence-corrected chi connectivity index (χ4v) is 3.16. The minimum atomic E-state index is -0.128. The Bertz CT molecular complexity index is 1090. The average Bonchev–Trinajstić information content (AvgIpc) is 3.48. The molecule has 1 aliphatic carbocycles. The lowest BCUT2D eigenvalue weighted by Gasteiger charge is -2.07. The lowest BCUT2D eigenvalue weighted by atomic mass is 10.1. The molecule has 1 fully saturated rings. The van der Waals surface area contributed by atoms with Gasteiger partial charge in [0.1, 0.15) is 0 Å². The molecule has 0 radical (unpaired) electrons. The first-order valence-corrected chi connectivity index (χ1v) is 9.06. The number of pyridine rings is 1. The molecule has 0 unspecified atom stereocenters. The number of anilines is 1. The van der Waals surface area contributed by atoms with Gasteiger partial charge in [0.05, 0.1) is 6.42 Å². The average molecular weight is 360 g/mol. The monoisotopic (exact) mass is 360 g/mol. The van der Waals surface area contributed by atoms with Gasteiger partial charge in [-0.25, -0.2) is 0 Å². The highest BCUT2D eigenvalue weighted by Crippen LogP contribution is 2.32. The van der Waals surface area contributed by atoms with Gasteiger partial charge in [-0.1, -0.05) is 6.07 Å². The number of Topliss-reactive ketones (excluding diaryl/α,β-unsaturated/α-hetero) is 1. The molecule has 136 valence electrons. The van der Waals surface area contributed by atoms with Crippen LogP contribution in [0.1, 0.15) is 34.3 Å². The molecule has 3 aromatic rings. The van der Waals surface area contributed by atoms with Crippen LogP contribution in [0, 0.1) is 12.8 Å². The van der Waals surface area contributed by atoms with Crippen LogP contribution in [0.2, 0.25) is 0 Å². The van der Waals surface area contributed by atoms with Crippen LogP contribution in [-0.2, 0) is 11.2 Å². The van der Waals surface area contributed by atoms with E-state index in [2.05, 4.69) is 10.3 Å². The summed E-state index contributed by atoms with van der Waals surface area (Å²) in [7, 11) is 0. The number of aromatic nitrogens is 1. The fourth-order valence-electron chi connectivity index (χ4n) is 3.16. The number of hydrogen-bond acceptors (Lipinski definition) is 3. The Morgan fingerprint density at radius 2 is 1.81 bits per heavy atom. The van der Waals surface area contributed by atoms with Crippen LogP contribution in [0.4, 0.5) is 5.69 Å². The van der Waals surface area contributed by atoms with E-state index in [0.717, 1.165) is 29.3 Å². The minimum absolute atomic E-state index is 0.100. The molecule has 5 nitrogen and oxygen atoms in total. The maximum atomic E-state index is 12.3. The second-order valence-corrected chi connectivity index (χ2v) is 7.14. The summed E-state index contributed by atoms with van der Waals surface area (Å²) in [6.07, 6.45) is 2.20. The van der Waals surface area contributed by atoms with Gasteiger partial charge in [0.15, 0.2) is 5.78 Å². The second-order valence-electron chi connectivity index (χ2n) is 7.14. The maximum Gasteiger partial charge on any atom is 0.251 e. The largest absolute Gasteiger partial charge is 0.326 e. The predicted molar refractivity (Wildman–Crippen MR) is 105 cm³/mol. The highest BCUT2D eigenvalue weighted by atomic mass is 16.1. The SMILES string of the molecule is Cc1cc2cc(CC(=O)Nc3ccc(C(=O)C4CC4)cc3)ccc2[nH]c1=O. The standard InChI is InChI=1S/C22H20N2O3/c1-13-10-17-11-14(2-9-19(17)24-22(13)27)12-20(25)23-18-7-5-16(6-8-18)21(26)15-3-4-15/h2,5-11,15H,3-4,12H2,1H3,(H,23,25)(H,24,27). The van der Waals surface area contributed by atoms with Crippen molar-refractivity contribution in [3.8, 4) is 0 Å². The van der Waals surface area contributed by atoms with E-state index in [0.29, 0.717) is 16.8 Å². The van der Waals surface area contributed by atoms with Crippen molar-refractivity contribution < 1.29 is 9.59 Å². The highest BCUT2D eigenvalue weighted by Gasteiger charge is 2.30. The Balaban J connectivity index is 1.44. The number of fused-ring (bicyclic) bond motifs is 1. The molecular formula is C22H20N2O3. The number of ketones is 1. The number of carbonyl (C=O) groups excluding carboxylic acids is 2. The van der Waals surface area contributed by atoms with Crippen molar-refractivity contribution in [3.05, 3.63) is 75.6 Å². The zero-order valence-electron chi connectivity index (χ0n) is 15.0. The van der Waals surface area contributed by atoms with Gasteiger partial charge in [0.25, 0.3) is 5.56 Å². The summed E-state index contributed by atoms with van der Waals surface area (Å²) >= 11 is 0. The molecule has 4 rings (SSSR count). The normalized spacial score (nSPS) is 13.5. The van der Waals surface area contributed by atoms with Crippen LogP contribution in [0.3, 0.4) is 0 Å². The van der Waals surface area contributed by atoms with Gasteiger partial charge in [-0.2, -0.15) is 0 Å². The molecule has 1 amide bonds. The molecule has 5 heteroatoms. The first kappa shape index (κ1) is 17.2. The Morgan fingerprint density at radius 1 is 1.07 bits per heavy atom. The molecule has 0 atom stereocenters. The summed E-state index contributed by atoms with van der Waals surface area (Å²) in [6.45, 7) is 1.76. The van der Waals surface area contributed by atoms with Crippen LogP contribution < -0.4 is 10.9 Å². The van der Waals surface area contributed by atoms with Crippen LogP contribution in [0.15, 0.2) is 53.3 Å². The molecule has 1 aromatic heterocycles. The first-order chi connectivity index (χ1) is 13.0. The number of H-pyrrole nitrogens is 1. The smallest absolute Gasteiger partial charge is 0.251 e. The highest BCUT2D eigenvalue weighted by molar-refractivity contribution is 6.00. The fraction of sp³-hybridized carbons (Fsp3) is 0.227. The van der Waals surface area contributed by atoms with Crippen molar-refractivity contribution in [2.24, 2.45) is 5.92 Å². The Labute approximate surface area is 156 Å². The van der Waals surface area contributed by atoms with Crippen molar-refractivity contribution in [1.29, 1.82) is 0 Å². The summed E-state index contributed by atoms with van der Waals surface area (Å²) in [5.74, 6) is 0.256. The number of aryl methyl sites for hydroxylation is 1. The van der Waals surface area contributed by atoms with E-state index in [1.165, 1.54) is 0 Å². The van der Waals surface area contributed by atoms with Gasteiger partial charge in [-0.3, -0.25) is 14.4 Å².